The van der Waals surface area contributed by atoms with Gasteiger partial charge in [-0.15, -0.1) is 11.8 Å². The van der Waals surface area contributed by atoms with Crippen LogP contribution in [-0.2, 0) is 14.3 Å². The van der Waals surface area contributed by atoms with Crippen LogP contribution in [0.5, 0.6) is 0 Å². The number of hydrogen-bond donors (Lipinski definition) is 1. The van der Waals surface area contributed by atoms with E-state index in [1.807, 2.05) is 36.6 Å². The number of para-hydroxylation sites is 1. The Balaban J connectivity index is 1.91. The number of amides is 1. The molecule has 0 spiro atoms. The third-order valence-electron chi connectivity index (χ3n) is 3.63. The first kappa shape index (κ1) is 16.6. The lowest BCUT2D eigenvalue weighted by Crippen LogP contribution is -2.32. The summed E-state index contributed by atoms with van der Waals surface area (Å²) in [7, 11) is 0. The first-order valence-corrected chi connectivity index (χ1v) is 8.63. The van der Waals surface area contributed by atoms with Crippen molar-refractivity contribution in [1.29, 1.82) is 0 Å². The van der Waals surface area contributed by atoms with Gasteiger partial charge in [0.1, 0.15) is 0 Å². The van der Waals surface area contributed by atoms with E-state index in [-0.39, 0.29) is 17.8 Å². The summed E-state index contributed by atoms with van der Waals surface area (Å²) < 4.78 is 5.31. The lowest BCUT2D eigenvalue weighted by Gasteiger charge is -2.20. The van der Waals surface area contributed by atoms with E-state index in [0.717, 1.165) is 23.4 Å². The van der Waals surface area contributed by atoms with Gasteiger partial charge in [-0.3, -0.25) is 9.59 Å². The van der Waals surface area contributed by atoms with Gasteiger partial charge in [-0.2, -0.15) is 0 Å². The number of anilines is 1. The van der Waals surface area contributed by atoms with Gasteiger partial charge in [0.15, 0.2) is 6.10 Å². The summed E-state index contributed by atoms with van der Waals surface area (Å²) >= 11 is 1.56. The van der Waals surface area contributed by atoms with Crippen molar-refractivity contribution in [3.8, 4) is 0 Å². The van der Waals surface area contributed by atoms with Crippen LogP contribution in [-0.4, -0.2) is 24.2 Å². The van der Waals surface area contributed by atoms with Gasteiger partial charge in [-0.05, 0) is 44.6 Å². The number of rotatable bonds is 5. The predicted octanol–water partition coefficient (Wildman–Crippen LogP) is 3.64. The summed E-state index contributed by atoms with van der Waals surface area (Å²) in [5.41, 5.74) is 0.739. The maximum atomic E-state index is 12.2. The quantitative estimate of drug-likeness (QED) is 0.511. The molecule has 0 saturated carbocycles. The van der Waals surface area contributed by atoms with E-state index >= 15 is 0 Å². The molecule has 0 saturated heterocycles. The molecule has 0 bridgehead atoms. The zero-order valence-corrected chi connectivity index (χ0v) is 13.7. The Morgan fingerprint density at radius 1 is 1.32 bits per heavy atom. The SMILES string of the molecule is CSc1ccccc1NC(=O)[C@@H](C)OC(=O)[C@H]1CC=CCC1. The van der Waals surface area contributed by atoms with Crippen LogP contribution >= 0.6 is 11.8 Å². The Bertz CT molecular complexity index is 571. The van der Waals surface area contributed by atoms with E-state index in [1.165, 1.54) is 0 Å². The van der Waals surface area contributed by atoms with Gasteiger partial charge >= 0.3 is 5.97 Å². The van der Waals surface area contributed by atoms with E-state index in [9.17, 15) is 9.59 Å². The normalized spacial score (nSPS) is 18.5. The summed E-state index contributed by atoms with van der Waals surface area (Å²) in [4.78, 5) is 25.2. The molecule has 0 unspecified atom stereocenters. The van der Waals surface area contributed by atoms with Gasteiger partial charge in [0.25, 0.3) is 5.91 Å². The molecule has 1 aromatic carbocycles. The van der Waals surface area contributed by atoms with Crippen LogP contribution in [0.3, 0.4) is 0 Å². The molecule has 4 nitrogen and oxygen atoms in total. The number of thioether (sulfide) groups is 1. The van der Waals surface area contributed by atoms with Crippen LogP contribution < -0.4 is 5.32 Å². The molecule has 1 aliphatic rings. The minimum Gasteiger partial charge on any atom is -0.452 e. The van der Waals surface area contributed by atoms with Crippen molar-refractivity contribution >= 4 is 29.3 Å². The fourth-order valence-corrected chi connectivity index (χ4v) is 2.87. The Kier molecular flexibility index (Phi) is 6.07. The van der Waals surface area contributed by atoms with E-state index in [0.29, 0.717) is 6.42 Å². The van der Waals surface area contributed by atoms with Gasteiger partial charge in [-0.25, -0.2) is 0 Å². The number of hydrogen-bond acceptors (Lipinski definition) is 4. The van der Waals surface area contributed by atoms with Crippen LogP contribution in [0, 0.1) is 5.92 Å². The Morgan fingerprint density at radius 2 is 2.09 bits per heavy atom. The van der Waals surface area contributed by atoms with Gasteiger partial charge in [0, 0.05) is 4.90 Å². The van der Waals surface area contributed by atoms with Crippen molar-refractivity contribution in [2.24, 2.45) is 5.92 Å². The van der Waals surface area contributed by atoms with Gasteiger partial charge in [0.05, 0.1) is 11.6 Å². The molecular weight excluding hydrogens is 298 g/mol. The van der Waals surface area contributed by atoms with E-state index in [4.69, 9.17) is 4.74 Å². The third kappa shape index (κ3) is 4.37. The van der Waals surface area contributed by atoms with Crippen LogP contribution in [0.2, 0.25) is 0 Å². The molecule has 1 amide bonds. The molecule has 1 aliphatic carbocycles. The number of allylic oxidation sites excluding steroid dienone is 2. The highest BCUT2D eigenvalue weighted by Crippen LogP contribution is 2.25. The second kappa shape index (κ2) is 8.03. The fourth-order valence-electron chi connectivity index (χ4n) is 2.31. The number of carbonyl (C=O) groups is 2. The van der Waals surface area contributed by atoms with Crippen molar-refractivity contribution < 1.29 is 14.3 Å². The van der Waals surface area contributed by atoms with Crippen LogP contribution in [0.25, 0.3) is 0 Å². The van der Waals surface area contributed by atoms with Crippen molar-refractivity contribution in [2.45, 2.75) is 37.2 Å². The second-order valence-electron chi connectivity index (χ2n) is 5.25. The number of benzene rings is 1. The lowest BCUT2D eigenvalue weighted by atomic mass is 9.95. The summed E-state index contributed by atoms with van der Waals surface area (Å²) in [6.07, 6.45) is 7.59. The largest absolute Gasteiger partial charge is 0.452 e. The van der Waals surface area contributed by atoms with Crippen molar-refractivity contribution in [2.75, 3.05) is 11.6 Å². The van der Waals surface area contributed by atoms with Crippen molar-refractivity contribution in [3.05, 3.63) is 36.4 Å². The molecule has 0 aliphatic heterocycles. The summed E-state index contributed by atoms with van der Waals surface area (Å²) in [6, 6.07) is 7.55. The monoisotopic (exact) mass is 319 g/mol. The maximum absolute atomic E-state index is 12.2. The molecule has 118 valence electrons. The maximum Gasteiger partial charge on any atom is 0.310 e. The van der Waals surface area contributed by atoms with Gasteiger partial charge in [-0.1, -0.05) is 24.3 Å². The molecule has 22 heavy (non-hydrogen) atoms. The van der Waals surface area contributed by atoms with Gasteiger partial charge in [0.2, 0.25) is 0 Å². The smallest absolute Gasteiger partial charge is 0.310 e. The molecule has 0 fully saturated rings. The standard InChI is InChI=1S/C17H21NO3S/c1-12(21-17(20)13-8-4-3-5-9-13)16(19)18-14-10-6-7-11-15(14)22-2/h3-4,6-7,10-13H,5,8-9H2,1-2H3,(H,18,19)/t12-,13+/m1/s1. The highest BCUT2D eigenvalue weighted by Gasteiger charge is 2.25. The summed E-state index contributed by atoms with van der Waals surface area (Å²) in [6.45, 7) is 1.60. The molecular formula is C17H21NO3S. The predicted molar refractivity (Wildman–Crippen MR) is 88.9 cm³/mol. The van der Waals surface area contributed by atoms with E-state index < -0.39 is 6.10 Å². The molecule has 2 atom stereocenters. The molecule has 0 radical (unpaired) electrons. The number of carbonyl (C=O) groups excluding carboxylic acids is 2. The Morgan fingerprint density at radius 3 is 2.77 bits per heavy atom. The lowest BCUT2D eigenvalue weighted by molar-refractivity contribution is -0.157. The Hall–Kier alpha value is -1.75. The molecule has 1 aromatic rings. The van der Waals surface area contributed by atoms with Crippen LogP contribution in [0.4, 0.5) is 5.69 Å². The highest BCUT2D eigenvalue weighted by molar-refractivity contribution is 7.98. The van der Waals surface area contributed by atoms with Crippen LogP contribution in [0.15, 0.2) is 41.3 Å². The number of nitrogens with one attached hydrogen (secondary N) is 1. The summed E-state index contributed by atoms with van der Waals surface area (Å²) in [5, 5.41) is 2.82. The zero-order valence-electron chi connectivity index (χ0n) is 12.9. The number of esters is 1. The molecule has 2 rings (SSSR count). The number of ether oxygens (including phenoxy) is 1. The average Bonchev–Trinajstić information content (AvgIpc) is 2.56. The topological polar surface area (TPSA) is 55.4 Å². The molecule has 1 N–H and O–H groups in total. The Labute approximate surface area is 135 Å². The second-order valence-corrected chi connectivity index (χ2v) is 6.10. The molecule has 0 aromatic heterocycles. The van der Waals surface area contributed by atoms with Crippen molar-refractivity contribution in [3.63, 3.8) is 0 Å². The highest BCUT2D eigenvalue weighted by atomic mass is 32.2. The van der Waals surface area contributed by atoms with Crippen molar-refractivity contribution in [1.82, 2.24) is 0 Å². The first-order valence-electron chi connectivity index (χ1n) is 7.41. The minimum atomic E-state index is -0.798. The molecule has 5 heteroatoms. The van der Waals surface area contributed by atoms with Gasteiger partial charge < -0.3 is 10.1 Å². The minimum absolute atomic E-state index is 0.126. The third-order valence-corrected chi connectivity index (χ3v) is 4.43. The average molecular weight is 319 g/mol. The van der Waals surface area contributed by atoms with E-state index in [1.54, 1.807) is 18.7 Å². The summed E-state index contributed by atoms with van der Waals surface area (Å²) in [5.74, 6) is -0.718. The first-order chi connectivity index (χ1) is 10.6. The fraction of sp³-hybridized carbons (Fsp3) is 0.412. The molecule has 0 heterocycles. The van der Waals surface area contributed by atoms with Crippen LogP contribution in [0.1, 0.15) is 26.2 Å². The van der Waals surface area contributed by atoms with E-state index in [2.05, 4.69) is 11.4 Å². The zero-order chi connectivity index (χ0) is 15.9.